The van der Waals surface area contributed by atoms with Gasteiger partial charge >= 0.3 is 5.97 Å². The highest BCUT2D eigenvalue weighted by Crippen LogP contribution is 2.13. The van der Waals surface area contributed by atoms with Gasteiger partial charge in [0, 0.05) is 4.91 Å². The quantitative estimate of drug-likeness (QED) is 0.277. The van der Waals surface area contributed by atoms with E-state index in [1.165, 1.54) is 0 Å². The first kappa shape index (κ1) is 11.3. The van der Waals surface area contributed by atoms with E-state index >= 15 is 0 Å². The van der Waals surface area contributed by atoms with Crippen molar-refractivity contribution in [3.05, 3.63) is 50.8 Å². The molecule has 0 aliphatic carbocycles. The lowest BCUT2D eigenvalue weighted by Gasteiger charge is -1.95. The molecule has 0 N–H and O–H groups in total. The SMILES string of the molecule is [N-]=[N+]=NOC(=O)C(Br)=Cc1ccccc1. The summed E-state index contributed by atoms with van der Waals surface area (Å²) < 4.78 is 0.182. The monoisotopic (exact) mass is 267 g/mol. The molecule has 1 aromatic carbocycles. The van der Waals surface area contributed by atoms with Crippen LogP contribution < -0.4 is 0 Å². The fraction of sp³-hybridized carbons (Fsp3) is 0. The van der Waals surface area contributed by atoms with E-state index in [4.69, 9.17) is 5.53 Å². The zero-order valence-corrected chi connectivity index (χ0v) is 9.09. The van der Waals surface area contributed by atoms with Crippen LogP contribution in [0.3, 0.4) is 0 Å². The molecule has 1 aromatic rings. The zero-order valence-electron chi connectivity index (χ0n) is 7.50. The number of halogens is 1. The van der Waals surface area contributed by atoms with Crippen molar-refractivity contribution in [3.63, 3.8) is 0 Å². The third kappa shape index (κ3) is 3.84. The van der Waals surface area contributed by atoms with E-state index in [2.05, 4.69) is 31.0 Å². The number of carbonyl (C=O) groups excluding carboxylic acids is 1. The summed E-state index contributed by atoms with van der Waals surface area (Å²) in [7, 11) is 0. The van der Waals surface area contributed by atoms with E-state index in [-0.39, 0.29) is 4.48 Å². The predicted octanol–water partition coefficient (Wildman–Crippen LogP) is 3.19. The first-order valence-corrected chi connectivity index (χ1v) is 4.71. The number of azide groups is 1. The summed E-state index contributed by atoms with van der Waals surface area (Å²) in [5, 5.41) is 2.69. The average Bonchev–Trinajstić information content (AvgIpc) is 2.27. The topological polar surface area (TPSA) is 75.1 Å². The van der Waals surface area contributed by atoms with E-state index in [1.54, 1.807) is 6.08 Å². The van der Waals surface area contributed by atoms with Crippen LogP contribution in [0.25, 0.3) is 16.5 Å². The summed E-state index contributed by atoms with van der Waals surface area (Å²) in [5.74, 6) is -0.739. The number of rotatable bonds is 3. The van der Waals surface area contributed by atoms with Gasteiger partial charge in [-0.25, -0.2) is 4.79 Å². The highest BCUT2D eigenvalue weighted by molar-refractivity contribution is 9.12. The van der Waals surface area contributed by atoms with E-state index in [1.807, 2.05) is 30.3 Å². The highest BCUT2D eigenvalue weighted by atomic mass is 79.9. The standard InChI is InChI=1S/C9H6BrN3O2/c10-8(9(14)15-13-12-11)6-7-4-2-1-3-5-7/h1-6H. The van der Waals surface area contributed by atoms with Crippen LogP contribution in [0.1, 0.15) is 5.56 Å². The lowest BCUT2D eigenvalue weighted by molar-refractivity contribution is -0.138. The van der Waals surface area contributed by atoms with Gasteiger partial charge in [-0.2, -0.15) is 0 Å². The van der Waals surface area contributed by atoms with Gasteiger partial charge in [0.15, 0.2) is 0 Å². The van der Waals surface area contributed by atoms with Gasteiger partial charge in [-0.15, -0.1) is 0 Å². The molecular weight excluding hydrogens is 262 g/mol. The second-order valence-electron chi connectivity index (χ2n) is 2.45. The number of nitrogens with zero attached hydrogens (tertiary/aromatic N) is 3. The molecule has 0 aromatic heterocycles. The fourth-order valence-electron chi connectivity index (χ4n) is 0.853. The Labute approximate surface area is 94.1 Å². The van der Waals surface area contributed by atoms with E-state index in [0.717, 1.165) is 5.56 Å². The molecule has 0 heterocycles. The van der Waals surface area contributed by atoms with Crippen molar-refractivity contribution in [2.24, 2.45) is 5.28 Å². The van der Waals surface area contributed by atoms with E-state index in [9.17, 15) is 4.79 Å². The summed E-state index contributed by atoms with van der Waals surface area (Å²) in [4.78, 5) is 17.6. The van der Waals surface area contributed by atoms with Gasteiger partial charge in [0.1, 0.15) is 9.76 Å². The Morgan fingerprint density at radius 1 is 1.47 bits per heavy atom. The maximum absolute atomic E-state index is 11.1. The lowest BCUT2D eigenvalue weighted by Crippen LogP contribution is -1.97. The lowest BCUT2D eigenvalue weighted by atomic mass is 10.2. The summed E-state index contributed by atoms with van der Waals surface area (Å²) in [6.07, 6.45) is 1.56. The Morgan fingerprint density at radius 2 is 2.13 bits per heavy atom. The van der Waals surface area contributed by atoms with E-state index < -0.39 is 5.97 Å². The molecular formula is C9H6BrN3O2. The van der Waals surface area contributed by atoms with Gasteiger partial charge in [0.2, 0.25) is 0 Å². The Kier molecular flexibility index (Phi) is 4.40. The van der Waals surface area contributed by atoms with Crippen LogP contribution in [-0.4, -0.2) is 5.97 Å². The number of benzene rings is 1. The van der Waals surface area contributed by atoms with Crippen molar-refractivity contribution >= 4 is 28.0 Å². The molecule has 0 spiro atoms. The van der Waals surface area contributed by atoms with Gasteiger partial charge in [-0.3, -0.25) is 0 Å². The fourth-order valence-corrected chi connectivity index (χ4v) is 1.19. The third-order valence-corrected chi connectivity index (χ3v) is 2.00. The minimum Gasteiger partial charge on any atom is -0.354 e. The Hall–Kier alpha value is -1.78. The summed E-state index contributed by atoms with van der Waals surface area (Å²) in [6.45, 7) is 0. The van der Waals surface area contributed by atoms with Crippen molar-refractivity contribution in [1.82, 2.24) is 0 Å². The summed E-state index contributed by atoms with van der Waals surface area (Å²) >= 11 is 3.01. The molecule has 6 heteroatoms. The van der Waals surface area contributed by atoms with Crippen molar-refractivity contribution in [2.45, 2.75) is 0 Å². The van der Waals surface area contributed by atoms with Crippen molar-refractivity contribution in [1.29, 1.82) is 0 Å². The Balaban J connectivity index is 2.76. The van der Waals surface area contributed by atoms with Crippen LogP contribution in [0.4, 0.5) is 0 Å². The van der Waals surface area contributed by atoms with Gasteiger partial charge < -0.3 is 4.84 Å². The van der Waals surface area contributed by atoms with E-state index in [0.29, 0.717) is 0 Å². The molecule has 0 fully saturated rings. The second-order valence-corrected chi connectivity index (χ2v) is 3.31. The van der Waals surface area contributed by atoms with Crippen LogP contribution in [-0.2, 0) is 9.63 Å². The first-order valence-electron chi connectivity index (χ1n) is 3.92. The molecule has 0 bridgehead atoms. The van der Waals surface area contributed by atoms with Gasteiger partial charge in [0.05, 0.1) is 0 Å². The molecule has 0 atom stereocenters. The first-order chi connectivity index (χ1) is 7.24. The van der Waals surface area contributed by atoms with Crippen molar-refractivity contribution in [2.75, 3.05) is 0 Å². The molecule has 5 nitrogen and oxygen atoms in total. The normalized spacial score (nSPS) is 10.3. The molecule has 0 saturated carbocycles. The molecule has 0 radical (unpaired) electrons. The summed E-state index contributed by atoms with van der Waals surface area (Å²) in [6, 6.07) is 9.18. The molecule has 0 aliphatic heterocycles. The maximum Gasteiger partial charge on any atom is 0.356 e. The highest BCUT2D eigenvalue weighted by Gasteiger charge is 2.06. The Bertz CT molecular complexity index is 424. The Morgan fingerprint density at radius 3 is 2.73 bits per heavy atom. The largest absolute Gasteiger partial charge is 0.356 e. The molecule has 0 aliphatic rings. The average molecular weight is 268 g/mol. The third-order valence-electron chi connectivity index (χ3n) is 1.45. The van der Waals surface area contributed by atoms with Crippen LogP contribution in [0.5, 0.6) is 0 Å². The smallest absolute Gasteiger partial charge is 0.354 e. The maximum atomic E-state index is 11.1. The minimum absolute atomic E-state index is 0.182. The summed E-state index contributed by atoms with van der Waals surface area (Å²) in [5.41, 5.74) is 8.77. The molecule has 0 saturated heterocycles. The minimum atomic E-state index is -0.739. The second kappa shape index (κ2) is 5.85. The van der Waals surface area contributed by atoms with Crippen molar-refractivity contribution < 1.29 is 9.63 Å². The van der Waals surface area contributed by atoms with Gasteiger partial charge in [-0.1, -0.05) is 30.3 Å². The number of hydrogen-bond acceptors (Lipinski definition) is 3. The van der Waals surface area contributed by atoms with Crippen LogP contribution in [0, 0.1) is 0 Å². The number of carbonyl (C=O) groups is 1. The zero-order chi connectivity index (χ0) is 11.1. The van der Waals surface area contributed by atoms with Crippen LogP contribution >= 0.6 is 15.9 Å². The van der Waals surface area contributed by atoms with Gasteiger partial charge in [-0.05, 0) is 33.1 Å². The molecule has 0 unspecified atom stereocenters. The number of hydrogen-bond donors (Lipinski definition) is 0. The van der Waals surface area contributed by atoms with Crippen molar-refractivity contribution in [3.8, 4) is 0 Å². The predicted molar refractivity (Wildman–Crippen MR) is 58.6 cm³/mol. The molecule has 15 heavy (non-hydrogen) atoms. The molecule has 76 valence electrons. The van der Waals surface area contributed by atoms with Gasteiger partial charge in [0.25, 0.3) is 0 Å². The van der Waals surface area contributed by atoms with Crippen LogP contribution in [0.2, 0.25) is 0 Å². The molecule has 0 amide bonds. The molecule has 1 rings (SSSR count). The van der Waals surface area contributed by atoms with Crippen LogP contribution in [0.15, 0.2) is 40.1 Å².